The number of benzene rings is 3. The van der Waals surface area contributed by atoms with Gasteiger partial charge >= 0.3 is 12.4 Å². The molecule has 2 aliphatic rings. The maximum Gasteiger partial charge on any atom is 0.418 e. The number of para-hydroxylation sites is 1. The molecule has 0 bridgehead atoms. The lowest BCUT2D eigenvalue weighted by Gasteiger charge is -2.38. The molecule has 1 aromatic heterocycles. The van der Waals surface area contributed by atoms with Crippen molar-refractivity contribution in [2.45, 2.75) is 36.8 Å². The van der Waals surface area contributed by atoms with Gasteiger partial charge in [-0.15, -0.1) is 11.8 Å². The van der Waals surface area contributed by atoms with Crippen LogP contribution in [0.2, 0.25) is 0 Å². The Bertz CT molecular complexity index is 1930. The van der Waals surface area contributed by atoms with Gasteiger partial charge in [0, 0.05) is 61.7 Å². The molecule has 49 heavy (non-hydrogen) atoms. The Hall–Kier alpha value is -4.04. The summed E-state index contributed by atoms with van der Waals surface area (Å²) < 4.78 is 121. The highest BCUT2D eigenvalue weighted by molar-refractivity contribution is 7.99. The van der Waals surface area contributed by atoms with Gasteiger partial charge in [0.05, 0.1) is 34.9 Å². The van der Waals surface area contributed by atoms with Crippen LogP contribution in [-0.4, -0.2) is 55.1 Å². The third kappa shape index (κ3) is 6.64. The van der Waals surface area contributed by atoms with E-state index >= 15 is 8.78 Å². The molecule has 0 saturated carbocycles. The van der Waals surface area contributed by atoms with Crippen LogP contribution < -0.4 is 15.2 Å². The molecule has 1 saturated heterocycles. The van der Waals surface area contributed by atoms with Gasteiger partial charge in [-0.1, -0.05) is 30.3 Å². The molecule has 6 rings (SSSR count). The first-order chi connectivity index (χ1) is 23.2. The van der Waals surface area contributed by atoms with E-state index in [4.69, 9.17) is 4.74 Å². The lowest BCUT2D eigenvalue weighted by atomic mass is 9.92. The van der Waals surface area contributed by atoms with Crippen molar-refractivity contribution in [3.63, 3.8) is 0 Å². The summed E-state index contributed by atoms with van der Waals surface area (Å²) in [5.41, 5.74) is -2.59. The largest absolute Gasteiger partial charge is 0.494 e. The molecule has 4 aromatic rings. The minimum atomic E-state index is -4.85. The molecule has 0 amide bonds. The molecule has 1 fully saturated rings. The summed E-state index contributed by atoms with van der Waals surface area (Å²) in [4.78, 5) is 18.0. The second-order valence-electron chi connectivity index (χ2n) is 12.0. The van der Waals surface area contributed by atoms with Crippen molar-refractivity contribution >= 4 is 17.4 Å². The number of halogens is 8. The second kappa shape index (κ2) is 13.3. The fourth-order valence-electron chi connectivity index (χ4n) is 6.73. The first-order valence-electron chi connectivity index (χ1n) is 15.4. The van der Waals surface area contributed by atoms with Gasteiger partial charge in [-0.05, 0) is 48.4 Å². The normalized spacial score (nSPS) is 17.0. The van der Waals surface area contributed by atoms with Crippen molar-refractivity contribution in [2.75, 3.05) is 50.5 Å². The monoisotopic (exact) mass is 709 g/mol. The first-order valence-corrected chi connectivity index (χ1v) is 16.4. The van der Waals surface area contributed by atoms with Gasteiger partial charge in [0.2, 0.25) is 0 Å². The second-order valence-corrected chi connectivity index (χ2v) is 13.0. The van der Waals surface area contributed by atoms with E-state index in [0.29, 0.717) is 43.5 Å². The van der Waals surface area contributed by atoms with Crippen molar-refractivity contribution in [3.05, 3.63) is 110 Å². The molecule has 0 N–H and O–H groups in total. The van der Waals surface area contributed by atoms with Crippen LogP contribution in [-0.2, 0) is 18.8 Å². The predicted octanol–water partition coefficient (Wildman–Crippen LogP) is 8.21. The molecule has 1 unspecified atom stereocenters. The molecule has 5 nitrogen and oxygen atoms in total. The van der Waals surface area contributed by atoms with E-state index in [1.54, 1.807) is 11.0 Å². The Morgan fingerprint density at radius 2 is 1.49 bits per heavy atom. The Kier molecular flexibility index (Phi) is 9.48. The van der Waals surface area contributed by atoms with E-state index < -0.39 is 58.7 Å². The van der Waals surface area contributed by atoms with Crippen molar-refractivity contribution in [2.24, 2.45) is 0 Å². The van der Waals surface area contributed by atoms with E-state index in [1.165, 1.54) is 60.7 Å². The van der Waals surface area contributed by atoms with Gasteiger partial charge in [-0.3, -0.25) is 14.3 Å². The fourth-order valence-corrected chi connectivity index (χ4v) is 8.10. The summed E-state index contributed by atoms with van der Waals surface area (Å²) >= 11 is 1.25. The number of aromatic nitrogens is 1. The topological polar surface area (TPSA) is 37.7 Å². The molecule has 260 valence electrons. The van der Waals surface area contributed by atoms with Crippen molar-refractivity contribution in [1.29, 1.82) is 0 Å². The van der Waals surface area contributed by atoms with Crippen molar-refractivity contribution in [3.8, 4) is 16.9 Å². The summed E-state index contributed by atoms with van der Waals surface area (Å²) in [5.74, 6) is -1.66. The molecular formula is C35H31F8N3O2S. The van der Waals surface area contributed by atoms with Crippen LogP contribution in [0.1, 0.15) is 33.9 Å². The lowest BCUT2D eigenvalue weighted by molar-refractivity contribution is -0.138. The summed E-state index contributed by atoms with van der Waals surface area (Å²) in [5, 5.41) is 0.369. The molecule has 0 aliphatic carbocycles. The molecule has 14 heteroatoms. The highest BCUT2D eigenvalue weighted by atomic mass is 32.2. The minimum Gasteiger partial charge on any atom is -0.494 e. The van der Waals surface area contributed by atoms with Crippen LogP contribution in [0.5, 0.6) is 5.75 Å². The van der Waals surface area contributed by atoms with Gasteiger partial charge in [0.1, 0.15) is 5.82 Å². The highest BCUT2D eigenvalue weighted by Gasteiger charge is 2.38. The highest BCUT2D eigenvalue weighted by Crippen LogP contribution is 2.43. The number of piperazine rings is 1. The third-order valence-corrected chi connectivity index (χ3v) is 10.4. The maximum absolute atomic E-state index is 15.7. The van der Waals surface area contributed by atoms with Crippen LogP contribution >= 0.6 is 11.8 Å². The number of pyridine rings is 1. The van der Waals surface area contributed by atoms with Gasteiger partial charge in [0.25, 0.3) is 5.56 Å². The number of hydrogen-bond acceptors (Lipinski definition) is 5. The minimum absolute atomic E-state index is 0.0684. The summed E-state index contributed by atoms with van der Waals surface area (Å²) in [7, 11) is 1.26. The van der Waals surface area contributed by atoms with E-state index in [9.17, 15) is 31.1 Å². The Morgan fingerprint density at radius 3 is 2.16 bits per heavy atom. The van der Waals surface area contributed by atoms with Gasteiger partial charge in [0.15, 0.2) is 11.6 Å². The lowest BCUT2D eigenvalue weighted by Crippen LogP contribution is -2.49. The number of ether oxygens (including phenoxy) is 1. The van der Waals surface area contributed by atoms with E-state index in [1.807, 2.05) is 4.90 Å². The van der Waals surface area contributed by atoms with Gasteiger partial charge in [-0.25, -0.2) is 8.78 Å². The molecule has 0 spiro atoms. The van der Waals surface area contributed by atoms with Crippen LogP contribution in [0, 0.1) is 18.6 Å². The maximum atomic E-state index is 15.7. The number of thioether (sulfide) groups is 1. The Morgan fingerprint density at radius 1 is 0.837 bits per heavy atom. The summed E-state index contributed by atoms with van der Waals surface area (Å²) in [6, 6.07) is 11.9. The number of fused-ring (bicyclic) bond motifs is 1. The smallest absolute Gasteiger partial charge is 0.418 e. The SMILES string of the molecule is COc1cccc(-c2c(C)c(Cc3c(F)cccc3C(F)(F)F)c3n(c2=O)C(CN2CCN(c4ccccc4C(F)(F)F)CC2)CS3)c1F. The third-order valence-electron chi connectivity index (χ3n) is 9.14. The first kappa shape index (κ1) is 34.8. The standard InChI is InChI=1S/C35H31F8N3O2S/c1-20-23(17-24-25(34(38,39)40)9-6-10-27(24)36)33-46(32(47)30(20)22-7-5-12-29(48-2)31(22)37)21(19-49-33)18-44-13-15-45(16-14-44)28-11-4-3-8-26(28)35(41,42)43/h3-12,21H,13-19H2,1-2H3. The number of rotatable bonds is 7. The molecule has 1 atom stereocenters. The van der Waals surface area contributed by atoms with Crippen LogP contribution in [0.15, 0.2) is 70.5 Å². The van der Waals surface area contributed by atoms with Gasteiger partial charge < -0.3 is 9.64 Å². The summed E-state index contributed by atoms with van der Waals surface area (Å²) in [6.07, 6.45) is -9.86. The number of hydrogen-bond donors (Lipinski definition) is 0. The Balaban J connectivity index is 1.38. The number of anilines is 1. The average molecular weight is 710 g/mol. The van der Waals surface area contributed by atoms with Crippen molar-refractivity contribution < 1.29 is 39.9 Å². The predicted molar refractivity (Wildman–Crippen MR) is 171 cm³/mol. The number of alkyl halides is 6. The van der Waals surface area contributed by atoms with Crippen molar-refractivity contribution in [1.82, 2.24) is 9.47 Å². The molecule has 3 aromatic carbocycles. The molecule has 0 radical (unpaired) electrons. The van der Waals surface area contributed by atoms with E-state index in [2.05, 4.69) is 0 Å². The number of methoxy groups -OCH3 is 1. The zero-order valence-electron chi connectivity index (χ0n) is 26.4. The van der Waals surface area contributed by atoms with Crippen LogP contribution in [0.25, 0.3) is 11.1 Å². The van der Waals surface area contributed by atoms with Crippen LogP contribution in [0.4, 0.5) is 40.8 Å². The average Bonchev–Trinajstić information content (AvgIpc) is 3.47. The Labute approximate surface area is 281 Å². The molecular weight excluding hydrogens is 678 g/mol. The van der Waals surface area contributed by atoms with Crippen LogP contribution in [0.3, 0.4) is 0 Å². The summed E-state index contributed by atoms with van der Waals surface area (Å²) in [6.45, 7) is 3.19. The van der Waals surface area contributed by atoms with Gasteiger partial charge in [-0.2, -0.15) is 26.3 Å². The molecule has 2 aliphatic heterocycles. The molecule has 3 heterocycles. The van der Waals surface area contributed by atoms with E-state index in [0.717, 1.165) is 24.3 Å². The quantitative estimate of drug-likeness (QED) is 0.181. The zero-order valence-corrected chi connectivity index (χ0v) is 27.2. The zero-order chi connectivity index (χ0) is 35.2. The number of nitrogens with zero attached hydrogens (tertiary/aromatic N) is 3. The fraction of sp³-hybridized carbons (Fsp3) is 0.343. The van der Waals surface area contributed by atoms with E-state index in [-0.39, 0.29) is 33.7 Å².